The molecule has 0 fully saturated rings. The molecule has 0 radical (unpaired) electrons. The van der Waals surface area contributed by atoms with E-state index in [9.17, 15) is 0 Å². The zero-order valence-corrected chi connectivity index (χ0v) is 8.28. The van der Waals surface area contributed by atoms with Crippen LogP contribution in [-0.2, 0) is 0 Å². The van der Waals surface area contributed by atoms with Gasteiger partial charge in [-0.2, -0.15) is 0 Å². The summed E-state index contributed by atoms with van der Waals surface area (Å²) in [6.07, 6.45) is 0. The first-order valence-electron chi connectivity index (χ1n) is 4.69. The van der Waals surface area contributed by atoms with Gasteiger partial charge in [0.25, 0.3) is 5.19 Å². The van der Waals surface area contributed by atoms with Crippen LogP contribution in [0.25, 0.3) is 10.2 Å². The summed E-state index contributed by atoms with van der Waals surface area (Å²) < 4.78 is 27.4. The Kier molecular flexibility index (Phi) is 1.31. The molecule has 2 aromatic rings. The van der Waals surface area contributed by atoms with Gasteiger partial charge in [-0.05, 0) is 18.2 Å². The highest BCUT2D eigenvalue weighted by molar-refractivity contribution is 9.10. The number of hydrogen-bond donors (Lipinski definition) is 0. The van der Waals surface area contributed by atoms with Crippen LogP contribution in [0, 0.1) is 0 Å². The van der Waals surface area contributed by atoms with Crippen molar-refractivity contribution >= 4 is 37.5 Å². The number of halogens is 1. The molecule has 1 aromatic carbocycles. The smallest absolute Gasteiger partial charge is 0.274 e. The van der Waals surface area contributed by atoms with E-state index in [2.05, 4.69) is 20.9 Å². The third-order valence-corrected chi connectivity index (χ3v) is 2.81. The largest absolute Gasteiger partial charge is 0.473 e. The molecule has 1 heterocycles. The maximum Gasteiger partial charge on any atom is 0.274 e. The van der Waals surface area contributed by atoms with Gasteiger partial charge in [0.2, 0.25) is 0 Å². The summed E-state index contributed by atoms with van der Waals surface area (Å²) >= 11 is 4.55. The lowest BCUT2D eigenvalue weighted by molar-refractivity contribution is 0.413. The summed E-state index contributed by atoms with van der Waals surface area (Å²) in [5.74, 6) is 0. The van der Waals surface area contributed by atoms with Crippen LogP contribution in [-0.4, -0.2) is 12.0 Å². The quantitative estimate of drug-likeness (QED) is 0.772. The van der Waals surface area contributed by atoms with Gasteiger partial charge >= 0.3 is 0 Å². The molecule has 0 saturated heterocycles. The molecule has 2 nitrogen and oxygen atoms in total. The molecule has 62 valence electrons. The molecular weight excluding hydrogens is 238 g/mol. The minimum atomic E-state index is -2.44. The van der Waals surface area contributed by atoms with Crippen molar-refractivity contribution < 1.29 is 8.85 Å². The molecule has 0 N–H and O–H groups in total. The molecule has 0 spiro atoms. The number of rotatable bonds is 1. The van der Waals surface area contributed by atoms with Crippen molar-refractivity contribution in [1.82, 2.24) is 4.98 Å². The van der Waals surface area contributed by atoms with E-state index in [0.717, 1.165) is 14.7 Å². The zero-order valence-electron chi connectivity index (χ0n) is 8.87. The molecule has 0 aliphatic carbocycles. The van der Waals surface area contributed by atoms with Gasteiger partial charge in [-0.1, -0.05) is 27.3 Å². The van der Waals surface area contributed by atoms with Gasteiger partial charge in [0.1, 0.15) is 0 Å². The molecule has 1 aromatic heterocycles. The van der Waals surface area contributed by atoms with E-state index in [4.69, 9.17) is 8.85 Å². The highest BCUT2D eigenvalue weighted by atomic mass is 79.9. The van der Waals surface area contributed by atoms with Crippen molar-refractivity contribution in [3.05, 3.63) is 22.7 Å². The first kappa shape index (κ1) is 5.19. The molecule has 0 unspecified atom stereocenters. The fraction of sp³-hybridized carbons (Fsp3) is 0.125. The van der Waals surface area contributed by atoms with Crippen molar-refractivity contribution in [2.45, 2.75) is 0 Å². The van der Waals surface area contributed by atoms with Gasteiger partial charge in [-0.25, -0.2) is 4.98 Å². The molecule has 0 aliphatic heterocycles. The highest BCUT2D eigenvalue weighted by Gasteiger charge is 2.02. The van der Waals surface area contributed by atoms with Crippen LogP contribution in [0.4, 0.5) is 0 Å². The predicted molar refractivity (Wildman–Crippen MR) is 53.9 cm³/mol. The van der Waals surface area contributed by atoms with Gasteiger partial charge < -0.3 is 4.74 Å². The molecule has 0 saturated carbocycles. The molecule has 2 rings (SSSR count). The number of nitrogens with zero attached hydrogens (tertiary/aromatic N) is 1. The van der Waals surface area contributed by atoms with E-state index in [-0.39, 0.29) is 5.19 Å². The standard InChI is InChI=1S/C8H6BrNOS/c1-11-8-10-6-3-2-5(9)4-7(6)12-8/h2-4H,1H3/i1D3. The number of aromatic nitrogens is 1. The average Bonchev–Trinajstić information content (AvgIpc) is 2.42. The predicted octanol–water partition coefficient (Wildman–Crippen LogP) is 3.07. The van der Waals surface area contributed by atoms with Gasteiger partial charge in [0, 0.05) is 4.47 Å². The van der Waals surface area contributed by atoms with Gasteiger partial charge in [0.15, 0.2) is 0 Å². The van der Waals surface area contributed by atoms with E-state index in [1.807, 2.05) is 18.2 Å². The molecule has 4 heteroatoms. The number of thiazole rings is 1. The lowest BCUT2D eigenvalue weighted by Crippen LogP contribution is -1.77. The van der Waals surface area contributed by atoms with Crippen LogP contribution >= 0.6 is 27.3 Å². The fourth-order valence-corrected chi connectivity index (χ4v) is 2.21. The molecule has 0 aliphatic rings. The Morgan fingerprint density at radius 1 is 1.67 bits per heavy atom. The Balaban J connectivity index is 2.39. The third-order valence-electron chi connectivity index (χ3n) is 1.42. The number of methoxy groups -OCH3 is 1. The van der Waals surface area contributed by atoms with E-state index >= 15 is 0 Å². The Bertz CT molecular complexity index is 496. The Morgan fingerprint density at radius 2 is 2.58 bits per heavy atom. The number of ether oxygens (including phenoxy) is 1. The minimum Gasteiger partial charge on any atom is -0.473 e. The summed E-state index contributed by atoms with van der Waals surface area (Å²) in [5, 5.41) is 0.170. The maximum absolute atomic E-state index is 6.95. The minimum absolute atomic E-state index is 0.170. The summed E-state index contributed by atoms with van der Waals surface area (Å²) in [4.78, 5) is 4.05. The normalized spacial score (nSPS) is 15.2. The second-order valence-corrected chi connectivity index (χ2v) is 4.10. The van der Waals surface area contributed by atoms with Crippen LogP contribution < -0.4 is 4.74 Å². The van der Waals surface area contributed by atoms with Crippen LogP contribution in [0.2, 0.25) is 0 Å². The van der Waals surface area contributed by atoms with Crippen LogP contribution in [0.5, 0.6) is 5.19 Å². The van der Waals surface area contributed by atoms with Crippen molar-refractivity contribution in [3.8, 4) is 5.19 Å². The fourth-order valence-electron chi connectivity index (χ4n) is 0.921. The molecule has 12 heavy (non-hydrogen) atoms. The highest BCUT2D eigenvalue weighted by Crippen LogP contribution is 2.29. The Morgan fingerprint density at radius 3 is 3.42 bits per heavy atom. The summed E-state index contributed by atoms with van der Waals surface area (Å²) in [5.41, 5.74) is 0.738. The summed E-state index contributed by atoms with van der Waals surface area (Å²) in [6.45, 7) is 0. The van der Waals surface area contributed by atoms with E-state index in [0.29, 0.717) is 0 Å². The monoisotopic (exact) mass is 246 g/mol. The van der Waals surface area contributed by atoms with Crippen LogP contribution in [0.3, 0.4) is 0 Å². The van der Waals surface area contributed by atoms with Gasteiger partial charge in [-0.3, -0.25) is 0 Å². The first-order chi connectivity index (χ1) is 6.94. The topological polar surface area (TPSA) is 22.1 Å². The number of fused-ring (bicyclic) bond motifs is 1. The van der Waals surface area contributed by atoms with E-state index in [1.54, 1.807) is 0 Å². The van der Waals surface area contributed by atoms with Crippen molar-refractivity contribution in [1.29, 1.82) is 0 Å². The van der Waals surface area contributed by atoms with Gasteiger partial charge in [0.05, 0.1) is 21.4 Å². The van der Waals surface area contributed by atoms with Crippen molar-refractivity contribution in [2.75, 3.05) is 7.04 Å². The summed E-state index contributed by atoms with van der Waals surface area (Å²) in [7, 11) is -2.44. The molecule has 0 atom stereocenters. The first-order valence-corrected chi connectivity index (χ1v) is 4.80. The lowest BCUT2D eigenvalue weighted by Gasteiger charge is -1.86. The van der Waals surface area contributed by atoms with E-state index < -0.39 is 7.04 Å². The Labute approximate surface area is 86.5 Å². The Hall–Kier alpha value is -0.610. The second kappa shape index (κ2) is 3.03. The molecule has 0 bridgehead atoms. The molecular formula is C8H6BrNOS. The van der Waals surface area contributed by atoms with Crippen molar-refractivity contribution in [2.24, 2.45) is 0 Å². The zero-order chi connectivity index (χ0) is 11.1. The van der Waals surface area contributed by atoms with Gasteiger partial charge in [-0.15, -0.1) is 0 Å². The number of benzene rings is 1. The number of hydrogen-bond acceptors (Lipinski definition) is 3. The lowest BCUT2D eigenvalue weighted by atomic mass is 10.3. The maximum atomic E-state index is 6.95. The average molecular weight is 247 g/mol. The van der Waals surface area contributed by atoms with Crippen LogP contribution in [0.15, 0.2) is 22.7 Å². The molecule has 0 amide bonds. The third kappa shape index (κ3) is 1.32. The van der Waals surface area contributed by atoms with Crippen LogP contribution in [0.1, 0.15) is 4.11 Å². The van der Waals surface area contributed by atoms with E-state index in [1.165, 1.54) is 11.3 Å². The second-order valence-electron chi connectivity index (χ2n) is 2.19. The van der Waals surface area contributed by atoms with Crippen molar-refractivity contribution in [3.63, 3.8) is 0 Å². The summed E-state index contributed by atoms with van der Waals surface area (Å²) in [6, 6.07) is 5.53. The SMILES string of the molecule is [2H]C([2H])([2H])Oc1nc2ccc(Br)cc2s1.